The lowest BCUT2D eigenvalue weighted by Gasteiger charge is -2.09. The van der Waals surface area contributed by atoms with Gasteiger partial charge in [-0.15, -0.1) is 16.4 Å². The molecule has 132 valence electrons. The number of aryl methyl sites for hydroxylation is 2. The molecule has 3 aromatic rings. The van der Waals surface area contributed by atoms with Crippen LogP contribution in [0.2, 0.25) is 0 Å². The van der Waals surface area contributed by atoms with Gasteiger partial charge in [0.05, 0.1) is 5.69 Å². The molecule has 3 aromatic heterocycles. The zero-order valence-electron chi connectivity index (χ0n) is 14.4. The molecule has 0 saturated heterocycles. The highest BCUT2D eigenvalue weighted by Crippen LogP contribution is 2.28. The van der Waals surface area contributed by atoms with E-state index in [4.69, 9.17) is 4.98 Å². The van der Waals surface area contributed by atoms with Gasteiger partial charge in [-0.05, 0) is 31.6 Å². The molecule has 3 heterocycles. The van der Waals surface area contributed by atoms with E-state index in [1.165, 1.54) is 28.8 Å². The minimum atomic E-state index is 0.0375. The van der Waals surface area contributed by atoms with Crippen molar-refractivity contribution in [2.24, 2.45) is 5.92 Å². The fraction of sp³-hybridized carbons (Fsp3) is 0.529. The molecule has 0 radical (unpaired) electrons. The third kappa shape index (κ3) is 3.50. The second kappa shape index (κ2) is 6.92. The van der Waals surface area contributed by atoms with E-state index in [-0.39, 0.29) is 5.56 Å². The predicted molar refractivity (Wildman–Crippen MR) is 100 cm³/mol. The van der Waals surface area contributed by atoms with Crippen molar-refractivity contribution < 1.29 is 0 Å². The standard InChI is InChI=1S/C17H21N5OS2/c1-10(2)7-14-19-16(21-20-14)24-9-11-8-15(23)22-12-5-3-4-6-13(12)25-17(22)18-11/h8,10H,3-7,9H2,1-2H3,(H,19,20,21). The molecular formula is C17H21N5OS2. The quantitative estimate of drug-likeness (QED) is 0.693. The van der Waals surface area contributed by atoms with Gasteiger partial charge in [-0.2, -0.15) is 0 Å². The van der Waals surface area contributed by atoms with Crippen molar-refractivity contribution in [1.82, 2.24) is 24.6 Å². The Morgan fingerprint density at radius 1 is 1.32 bits per heavy atom. The lowest BCUT2D eigenvalue weighted by Crippen LogP contribution is -2.17. The molecule has 8 heteroatoms. The van der Waals surface area contributed by atoms with E-state index in [1.807, 2.05) is 0 Å². The molecule has 0 saturated carbocycles. The summed E-state index contributed by atoms with van der Waals surface area (Å²) >= 11 is 3.18. The number of nitrogens with one attached hydrogen (secondary N) is 1. The summed E-state index contributed by atoms with van der Waals surface area (Å²) in [6.07, 6.45) is 5.32. The number of H-pyrrole nitrogens is 1. The molecular weight excluding hydrogens is 354 g/mol. The molecule has 0 bridgehead atoms. The second-order valence-corrected chi connectivity index (χ2v) is 8.84. The molecule has 0 unspecified atom stereocenters. The molecule has 0 fully saturated rings. The number of fused-ring (bicyclic) bond motifs is 3. The fourth-order valence-corrected chi connectivity index (χ4v) is 5.12. The van der Waals surface area contributed by atoms with Crippen LogP contribution in [-0.4, -0.2) is 24.6 Å². The number of thioether (sulfide) groups is 1. The SMILES string of the molecule is CC(C)Cc1nc(SCc2cc(=O)n3c4c(sc3n2)CCCC4)n[nH]1. The van der Waals surface area contributed by atoms with Crippen LogP contribution in [0.3, 0.4) is 0 Å². The molecule has 1 aliphatic carbocycles. The van der Waals surface area contributed by atoms with Crippen LogP contribution in [-0.2, 0) is 25.0 Å². The number of aromatic amines is 1. The smallest absolute Gasteiger partial charge is 0.259 e. The maximum atomic E-state index is 12.6. The lowest BCUT2D eigenvalue weighted by atomic mass is 10.0. The normalized spacial score (nSPS) is 14.4. The van der Waals surface area contributed by atoms with Gasteiger partial charge in [0, 0.05) is 28.8 Å². The summed E-state index contributed by atoms with van der Waals surface area (Å²) in [7, 11) is 0. The summed E-state index contributed by atoms with van der Waals surface area (Å²) in [5.74, 6) is 2.06. The Hall–Kier alpha value is -1.67. The van der Waals surface area contributed by atoms with Crippen molar-refractivity contribution >= 4 is 28.1 Å². The average Bonchev–Trinajstić information content (AvgIpc) is 3.16. The fourth-order valence-electron chi connectivity index (χ4n) is 3.17. The number of hydrogen-bond donors (Lipinski definition) is 1. The molecule has 25 heavy (non-hydrogen) atoms. The first-order valence-electron chi connectivity index (χ1n) is 8.67. The van der Waals surface area contributed by atoms with Crippen LogP contribution in [0.25, 0.3) is 4.96 Å². The van der Waals surface area contributed by atoms with Crippen LogP contribution in [0.1, 0.15) is 48.8 Å². The van der Waals surface area contributed by atoms with Crippen LogP contribution < -0.4 is 5.56 Å². The Labute approximate surface area is 154 Å². The molecule has 0 aromatic carbocycles. The second-order valence-electron chi connectivity index (χ2n) is 6.83. The molecule has 0 aliphatic heterocycles. The van der Waals surface area contributed by atoms with Crippen molar-refractivity contribution in [2.45, 2.75) is 56.9 Å². The summed E-state index contributed by atoms with van der Waals surface area (Å²) in [4.78, 5) is 23.9. The van der Waals surface area contributed by atoms with Crippen LogP contribution in [0, 0.1) is 5.92 Å². The number of nitrogens with zero attached hydrogens (tertiary/aromatic N) is 4. The van der Waals surface area contributed by atoms with E-state index in [2.05, 4.69) is 29.0 Å². The highest BCUT2D eigenvalue weighted by atomic mass is 32.2. The molecule has 0 atom stereocenters. The van der Waals surface area contributed by atoms with Crippen LogP contribution in [0.15, 0.2) is 16.0 Å². The number of aromatic nitrogens is 5. The molecule has 0 amide bonds. The van der Waals surface area contributed by atoms with Gasteiger partial charge in [0.25, 0.3) is 5.56 Å². The van der Waals surface area contributed by atoms with Gasteiger partial charge in [-0.25, -0.2) is 9.97 Å². The number of thiazole rings is 1. The number of hydrogen-bond acceptors (Lipinski definition) is 6. The average molecular weight is 376 g/mol. The first-order valence-corrected chi connectivity index (χ1v) is 10.5. The van der Waals surface area contributed by atoms with Gasteiger partial charge in [0.1, 0.15) is 5.82 Å². The summed E-state index contributed by atoms with van der Waals surface area (Å²) in [6.45, 7) is 4.31. The topological polar surface area (TPSA) is 75.9 Å². The highest BCUT2D eigenvalue weighted by molar-refractivity contribution is 7.98. The van der Waals surface area contributed by atoms with Crippen molar-refractivity contribution in [2.75, 3.05) is 0 Å². The zero-order valence-corrected chi connectivity index (χ0v) is 16.0. The summed E-state index contributed by atoms with van der Waals surface area (Å²) < 4.78 is 1.81. The minimum absolute atomic E-state index is 0.0375. The largest absolute Gasteiger partial charge is 0.269 e. The van der Waals surface area contributed by atoms with Gasteiger partial charge in [-0.3, -0.25) is 14.3 Å². The van der Waals surface area contributed by atoms with Gasteiger partial charge < -0.3 is 0 Å². The highest BCUT2D eigenvalue weighted by Gasteiger charge is 2.18. The van der Waals surface area contributed by atoms with Crippen LogP contribution >= 0.6 is 23.1 Å². The first-order chi connectivity index (χ1) is 12.1. The van der Waals surface area contributed by atoms with E-state index in [9.17, 15) is 4.79 Å². The minimum Gasteiger partial charge on any atom is -0.269 e. The van der Waals surface area contributed by atoms with Crippen LogP contribution in [0.4, 0.5) is 0 Å². The molecule has 4 rings (SSSR count). The van der Waals surface area contributed by atoms with E-state index >= 15 is 0 Å². The molecule has 1 N–H and O–H groups in total. The Kier molecular flexibility index (Phi) is 4.64. The third-order valence-corrected chi connectivity index (χ3v) is 6.30. The lowest BCUT2D eigenvalue weighted by molar-refractivity contribution is 0.622. The predicted octanol–water partition coefficient (Wildman–Crippen LogP) is 3.24. The Morgan fingerprint density at radius 3 is 3.00 bits per heavy atom. The zero-order chi connectivity index (χ0) is 17.4. The maximum absolute atomic E-state index is 12.6. The summed E-state index contributed by atoms with van der Waals surface area (Å²) in [5, 5.41) is 7.93. The third-order valence-electron chi connectivity index (χ3n) is 4.28. The van der Waals surface area contributed by atoms with E-state index in [0.29, 0.717) is 16.8 Å². The molecule has 1 aliphatic rings. The Morgan fingerprint density at radius 2 is 2.16 bits per heavy atom. The summed E-state index contributed by atoms with van der Waals surface area (Å²) in [6, 6.07) is 1.66. The Balaban J connectivity index is 1.54. The van der Waals surface area contributed by atoms with Gasteiger partial charge >= 0.3 is 0 Å². The van der Waals surface area contributed by atoms with Gasteiger partial charge in [-0.1, -0.05) is 25.6 Å². The summed E-state index contributed by atoms with van der Waals surface area (Å²) in [5.41, 5.74) is 2.01. The Bertz CT molecular complexity index is 956. The van der Waals surface area contributed by atoms with E-state index in [1.54, 1.807) is 21.8 Å². The van der Waals surface area contributed by atoms with Crippen molar-refractivity contribution in [3.05, 3.63) is 38.5 Å². The van der Waals surface area contributed by atoms with Gasteiger partial charge in [0.15, 0.2) is 4.96 Å². The van der Waals surface area contributed by atoms with E-state index in [0.717, 1.165) is 42.2 Å². The van der Waals surface area contributed by atoms with E-state index < -0.39 is 0 Å². The van der Waals surface area contributed by atoms with Crippen molar-refractivity contribution in [3.8, 4) is 0 Å². The molecule has 6 nitrogen and oxygen atoms in total. The molecule has 0 spiro atoms. The maximum Gasteiger partial charge on any atom is 0.259 e. The number of rotatable bonds is 5. The van der Waals surface area contributed by atoms with Crippen molar-refractivity contribution in [1.29, 1.82) is 0 Å². The van der Waals surface area contributed by atoms with Gasteiger partial charge in [0.2, 0.25) is 5.16 Å². The van der Waals surface area contributed by atoms with Crippen molar-refractivity contribution in [3.63, 3.8) is 0 Å². The van der Waals surface area contributed by atoms with Crippen LogP contribution in [0.5, 0.6) is 0 Å². The first kappa shape index (κ1) is 16.8. The monoisotopic (exact) mass is 375 g/mol.